The summed E-state index contributed by atoms with van der Waals surface area (Å²) in [4.78, 5) is 10.4. The van der Waals surface area contributed by atoms with Gasteiger partial charge in [0.1, 0.15) is 11.5 Å². The van der Waals surface area contributed by atoms with Gasteiger partial charge in [0, 0.05) is 12.6 Å². The molecular weight excluding hydrogens is 306 g/mol. The van der Waals surface area contributed by atoms with Gasteiger partial charge in [0.25, 0.3) is 5.69 Å². The van der Waals surface area contributed by atoms with Crippen LogP contribution in [0, 0.1) is 15.9 Å². The number of anilines is 1. The van der Waals surface area contributed by atoms with Gasteiger partial charge in [-0.3, -0.25) is 10.1 Å². The highest BCUT2D eigenvalue weighted by molar-refractivity contribution is 6.42. The first-order valence-electron chi connectivity index (χ1n) is 5.59. The van der Waals surface area contributed by atoms with E-state index in [9.17, 15) is 14.5 Å². The second kappa shape index (κ2) is 6.07. The molecule has 0 aromatic heterocycles. The first-order chi connectivity index (χ1) is 9.47. The maximum absolute atomic E-state index is 13.0. The standard InChI is InChI=1S/C13H9Cl2FN2O2/c14-10-5-12(13(18(19)20)6-11(10)15)17-7-8-2-1-3-9(16)4-8/h1-6,17H,7H2. The Hall–Kier alpha value is -1.85. The Morgan fingerprint density at radius 1 is 1.20 bits per heavy atom. The van der Waals surface area contributed by atoms with E-state index in [1.807, 2.05) is 0 Å². The van der Waals surface area contributed by atoms with Crippen LogP contribution in [0.2, 0.25) is 10.0 Å². The molecule has 0 atom stereocenters. The Morgan fingerprint density at radius 3 is 2.55 bits per heavy atom. The van der Waals surface area contributed by atoms with Crippen molar-refractivity contribution < 1.29 is 9.31 Å². The van der Waals surface area contributed by atoms with Crippen LogP contribution in [0.1, 0.15) is 5.56 Å². The van der Waals surface area contributed by atoms with Crippen LogP contribution in [0.25, 0.3) is 0 Å². The molecule has 2 aromatic carbocycles. The van der Waals surface area contributed by atoms with Crippen LogP contribution in [0.3, 0.4) is 0 Å². The van der Waals surface area contributed by atoms with Crippen LogP contribution < -0.4 is 5.32 Å². The lowest BCUT2D eigenvalue weighted by Gasteiger charge is -2.08. The van der Waals surface area contributed by atoms with Gasteiger partial charge in [0.2, 0.25) is 0 Å². The summed E-state index contributed by atoms with van der Waals surface area (Å²) in [6.07, 6.45) is 0. The van der Waals surface area contributed by atoms with Crippen LogP contribution in [0.4, 0.5) is 15.8 Å². The summed E-state index contributed by atoms with van der Waals surface area (Å²) < 4.78 is 13.0. The lowest BCUT2D eigenvalue weighted by molar-refractivity contribution is -0.383. The van der Waals surface area contributed by atoms with Gasteiger partial charge in [-0.25, -0.2) is 4.39 Å². The summed E-state index contributed by atoms with van der Waals surface area (Å²) in [6, 6.07) is 8.50. The monoisotopic (exact) mass is 314 g/mol. The first-order valence-corrected chi connectivity index (χ1v) is 6.34. The van der Waals surface area contributed by atoms with Gasteiger partial charge in [0.05, 0.1) is 15.0 Å². The molecule has 0 saturated heterocycles. The molecule has 0 unspecified atom stereocenters. The van der Waals surface area contributed by atoms with Gasteiger partial charge in [-0.05, 0) is 23.8 Å². The lowest BCUT2D eigenvalue weighted by Crippen LogP contribution is -2.03. The minimum Gasteiger partial charge on any atom is -0.375 e. The molecule has 20 heavy (non-hydrogen) atoms. The summed E-state index contributed by atoms with van der Waals surface area (Å²) in [6.45, 7) is 0.233. The minimum absolute atomic E-state index is 0.106. The number of nitro groups is 1. The molecule has 0 aliphatic rings. The van der Waals surface area contributed by atoms with Gasteiger partial charge in [-0.15, -0.1) is 0 Å². The Labute approximate surface area is 124 Å². The lowest BCUT2D eigenvalue weighted by atomic mass is 10.2. The fourth-order valence-corrected chi connectivity index (χ4v) is 1.99. The van der Waals surface area contributed by atoms with E-state index in [-0.39, 0.29) is 33.8 Å². The van der Waals surface area contributed by atoms with Crippen molar-refractivity contribution in [2.45, 2.75) is 6.54 Å². The van der Waals surface area contributed by atoms with Gasteiger partial charge in [0.15, 0.2) is 0 Å². The molecule has 0 bridgehead atoms. The second-order valence-electron chi connectivity index (χ2n) is 4.02. The number of nitrogens with one attached hydrogen (secondary N) is 1. The fraction of sp³-hybridized carbons (Fsp3) is 0.0769. The topological polar surface area (TPSA) is 55.2 Å². The maximum Gasteiger partial charge on any atom is 0.293 e. The number of rotatable bonds is 4. The zero-order valence-corrected chi connectivity index (χ0v) is 11.6. The van der Waals surface area contributed by atoms with Crippen molar-refractivity contribution in [2.75, 3.05) is 5.32 Å². The van der Waals surface area contributed by atoms with Crippen molar-refractivity contribution >= 4 is 34.6 Å². The van der Waals surface area contributed by atoms with Gasteiger partial charge >= 0.3 is 0 Å². The van der Waals surface area contributed by atoms with Crippen molar-refractivity contribution in [3.05, 3.63) is 67.9 Å². The summed E-state index contributed by atoms with van der Waals surface area (Å²) in [5, 5.41) is 14.1. The van der Waals surface area contributed by atoms with E-state index in [1.54, 1.807) is 12.1 Å². The SMILES string of the molecule is O=[N+]([O-])c1cc(Cl)c(Cl)cc1NCc1cccc(F)c1. The molecule has 0 amide bonds. The first kappa shape index (κ1) is 14.6. The van der Waals surface area contributed by atoms with Crippen LogP contribution in [0.15, 0.2) is 36.4 Å². The average molecular weight is 315 g/mol. The normalized spacial score (nSPS) is 10.3. The summed E-state index contributed by atoms with van der Waals surface area (Å²) in [7, 11) is 0. The van der Waals surface area contributed by atoms with Gasteiger partial charge in [-0.2, -0.15) is 0 Å². The number of nitrogens with zero attached hydrogens (tertiary/aromatic N) is 1. The van der Waals surface area contributed by atoms with Crippen molar-refractivity contribution in [1.29, 1.82) is 0 Å². The molecule has 2 aromatic rings. The number of halogens is 3. The smallest absolute Gasteiger partial charge is 0.293 e. The van der Waals surface area contributed by atoms with E-state index in [1.165, 1.54) is 24.3 Å². The van der Waals surface area contributed by atoms with Crippen molar-refractivity contribution in [2.24, 2.45) is 0 Å². The van der Waals surface area contributed by atoms with Crippen LogP contribution in [-0.4, -0.2) is 4.92 Å². The van der Waals surface area contributed by atoms with Crippen molar-refractivity contribution in [3.8, 4) is 0 Å². The molecule has 0 spiro atoms. The second-order valence-corrected chi connectivity index (χ2v) is 4.84. The highest BCUT2D eigenvalue weighted by atomic mass is 35.5. The minimum atomic E-state index is -0.559. The van der Waals surface area contributed by atoms with Crippen LogP contribution in [-0.2, 0) is 6.54 Å². The average Bonchev–Trinajstić information content (AvgIpc) is 2.39. The van der Waals surface area contributed by atoms with E-state index in [4.69, 9.17) is 23.2 Å². The third-order valence-corrected chi connectivity index (χ3v) is 3.33. The number of benzene rings is 2. The Balaban J connectivity index is 2.24. The quantitative estimate of drug-likeness (QED) is 0.660. The van der Waals surface area contributed by atoms with Gasteiger partial charge in [-0.1, -0.05) is 35.3 Å². The third-order valence-electron chi connectivity index (χ3n) is 2.61. The molecule has 0 heterocycles. The zero-order chi connectivity index (χ0) is 14.7. The number of nitro benzene ring substituents is 1. The van der Waals surface area contributed by atoms with Crippen LogP contribution in [0.5, 0.6) is 0 Å². The molecule has 0 aliphatic carbocycles. The summed E-state index contributed by atoms with van der Waals surface area (Å²) in [5.41, 5.74) is 0.704. The third kappa shape index (κ3) is 3.37. The summed E-state index contributed by atoms with van der Waals surface area (Å²) >= 11 is 11.6. The molecule has 0 radical (unpaired) electrons. The molecule has 104 valence electrons. The van der Waals surface area contributed by atoms with E-state index in [2.05, 4.69) is 5.32 Å². The molecule has 1 N–H and O–H groups in total. The molecule has 0 fully saturated rings. The van der Waals surface area contributed by atoms with E-state index in [0.717, 1.165) is 0 Å². The molecular formula is C13H9Cl2FN2O2. The highest BCUT2D eigenvalue weighted by Crippen LogP contribution is 2.34. The fourth-order valence-electron chi connectivity index (χ4n) is 1.67. The van der Waals surface area contributed by atoms with Gasteiger partial charge < -0.3 is 5.32 Å². The predicted octanol–water partition coefficient (Wildman–Crippen LogP) is 4.65. The Bertz CT molecular complexity index is 665. The van der Waals surface area contributed by atoms with E-state index in [0.29, 0.717) is 5.56 Å². The Kier molecular flexibility index (Phi) is 4.42. The molecule has 0 saturated carbocycles. The highest BCUT2D eigenvalue weighted by Gasteiger charge is 2.16. The molecule has 4 nitrogen and oxygen atoms in total. The van der Waals surface area contributed by atoms with Crippen molar-refractivity contribution in [1.82, 2.24) is 0 Å². The van der Waals surface area contributed by atoms with E-state index < -0.39 is 4.92 Å². The molecule has 0 aliphatic heterocycles. The Morgan fingerprint density at radius 2 is 1.90 bits per heavy atom. The van der Waals surface area contributed by atoms with Crippen molar-refractivity contribution in [3.63, 3.8) is 0 Å². The van der Waals surface area contributed by atoms with E-state index >= 15 is 0 Å². The predicted molar refractivity (Wildman–Crippen MR) is 76.8 cm³/mol. The summed E-state index contributed by atoms with van der Waals surface area (Å²) in [5.74, 6) is -0.368. The van der Waals surface area contributed by atoms with Crippen LogP contribution >= 0.6 is 23.2 Å². The molecule has 7 heteroatoms. The maximum atomic E-state index is 13.0. The largest absolute Gasteiger partial charge is 0.375 e. The number of hydrogen-bond acceptors (Lipinski definition) is 3. The number of hydrogen-bond donors (Lipinski definition) is 1. The molecule has 2 rings (SSSR count). The zero-order valence-electron chi connectivity index (χ0n) is 10.1.